The van der Waals surface area contributed by atoms with E-state index in [0.29, 0.717) is 31.5 Å². The van der Waals surface area contributed by atoms with Gasteiger partial charge in [0.15, 0.2) is 0 Å². The highest BCUT2D eigenvalue weighted by Crippen LogP contribution is 2.17. The molecular formula is C15H18N2O4. The second-order valence-corrected chi connectivity index (χ2v) is 5.04. The Bertz CT molecular complexity index is 522. The Balaban J connectivity index is 1.78. The topological polar surface area (TPSA) is 86.7 Å². The molecule has 1 aromatic carbocycles. The predicted octanol–water partition coefficient (Wildman–Crippen LogP) is 0.740. The van der Waals surface area contributed by atoms with Crippen molar-refractivity contribution in [2.45, 2.75) is 12.8 Å². The quantitative estimate of drug-likeness (QED) is 0.856. The molecule has 1 saturated heterocycles. The zero-order valence-electron chi connectivity index (χ0n) is 11.6. The number of piperidine rings is 1. The molecule has 0 bridgehead atoms. The third-order valence-corrected chi connectivity index (χ3v) is 3.63. The first-order chi connectivity index (χ1) is 10.1. The van der Waals surface area contributed by atoms with Crippen LogP contribution in [-0.4, -0.2) is 47.4 Å². The average Bonchev–Trinajstić information content (AvgIpc) is 2.53. The van der Waals surface area contributed by atoms with Crippen molar-refractivity contribution in [2.24, 2.45) is 5.92 Å². The smallest absolute Gasteiger partial charge is 0.306 e. The van der Waals surface area contributed by atoms with E-state index in [0.717, 1.165) is 0 Å². The highest BCUT2D eigenvalue weighted by atomic mass is 16.4. The first-order valence-corrected chi connectivity index (χ1v) is 6.92. The molecule has 0 aliphatic carbocycles. The minimum Gasteiger partial charge on any atom is -0.481 e. The van der Waals surface area contributed by atoms with Gasteiger partial charge in [0.05, 0.1) is 12.5 Å². The molecule has 0 atom stereocenters. The van der Waals surface area contributed by atoms with Crippen molar-refractivity contribution in [3.63, 3.8) is 0 Å². The molecule has 1 aromatic rings. The molecule has 0 radical (unpaired) electrons. The van der Waals surface area contributed by atoms with Crippen LogP contribution in [0.5, 0.6) is 0 Å². The van der Waals surface area contributed by atoms with Gasteiger partial charge in [-0.1, -0.05) is 18.2 Å². The van der Waals surface area contributed by atoms with Gasteiger partial charge in [-0.15, -0.1) is 0 Å². The number of likely N-dealkylation sites (tertiary alicyclic amines) is 1. The lowest BCUT2D eigenvalue weighted by Crippen LogP contribution is -2.45. The molecule has 2 amide bonds. The molecule has 1 aliphatic heterocycles. The van der Waals surface area contributed by atoms with E-state index in [2.05, 4.69) is 5.32 Å². The summed E-state index contributed by atoms with van der Waals surface area (Å²) in [5.74, 6) is -1.64. The van der Waals surface area contributed by atoms with Crippen molar-refractivity contribution >= 4 is 17.8 Å². The Morgan fingerprint density at radius 3 is 2.33 bits per heavy atom. The molecule has 2 rings (SSSR count). The van der Waals surface area contributed by atoms with Gasteiger partial charge in [0.2, 0.25) is 5.91 Å². The van der Waals surface area contributed by atoms with Crippen LogP contribution >= 0.6 is 0 Å². The minimum atomic E-state index is -0.806. The Labute approximate surface area is 122 Å². The van der Waals surface area contributed by atoms with Crippen molar-refractivity contribution in [1.82, 2.24) is 10.2 Å². The van der Waals surface area contributed by atoms with Crippen LogP contribution in [0.1, 0.15) is 23.2 Å². The zero-order chi connectivity index (χ0) is 15.2. The molecule has 1 heterocycles. The Morgan fingerprint density at radius 2 is 1.76 bits per heavy atom. The van der Waals surface area contributed by atoms with E-state index in [9.17, 15) is 14.4 Å². The number of carbonyl (C=O) groups is 3. The fourth-order valence-corrected chi connectivity index (χ4v) is 2.34. The summed E-state index contributed by atoms with van der Waals surface area (Å²) < 4.78 is 0. The fourth-order valence-electron chi connectivity index (χ4n) is 2.34. The SMILES string of the molecule is O=C(NCC(=O)N1CCC(C(=O)O)CC1)c1ccccc1. The van der Waals surface area contributed by atoms with Crippen LogP contribution in [0.3, 0.4) is 0 Å². The third kappa shape index (κ3) is 4.05. The van der Waals surface area contributed by atoms with Crippen LogP contribution in [0.4, 0.5) is 0 Å². The molecule has 0 saturated carbocycles. The van der Waals surface area contributed by atoms with Crippen molar-refractivity contribution in [2.75, 3.05) is 19.6 Å². The summed E-state index contributed by atoms with van der Waals surface area (Å²) in [7, 11) is 0. The standard InChI is InChI=1S/C15H18N2O4/c18-13(17-8-6-12(7-9-17)15(20)21)10-16-14(19)11-4-2-1-3-5-11/h1-5,12H,6-10H2,(H,16,19)(H,20,21). The van der Waals surface area contributed by atoms with Gasteiger partial charge in [0.25, 0.3) is 5.91 Å². The van der Waals surface area contributed by atoms with Gasteiger partial charge in [0, 0.05) is 18.7 Å². The largest absolute Gasteiger partial charge is 0.481 e. The summed E-state index contributed by atoms with van der Waals surface area (Å²) >= 11 is 0. The molecule has 0 unspecified atom stereocenters. The average molecular weight is 290 g/mol. The number of nitrogens with one attached hydrogen (secondary N) is 1. The maximum atomic E-state index is 12.0. The normalized spacial score (nSPS) is 15.5. The summed E-state index contributed by atoms with van der Waals surface area (Å²) in [6.45, 7) is 0.791. The van der Waals surface area contributed by atoms with Crippen LogP contribution in [0.25, 0.3) is 0 Å². The molecule has 6 heteroatoms. The van der Waals surface area contributed by atoms with Crippen LogP contribution in [-0.2, 0) is 9.59 Å². The molecule has 1 fully saturated rings. The van der Waals surface area contributed by atoms with E-state index in [4.69, 9.17) is 5.11 Å². The summed E-state index contributed by atoms with van der Waals surface area (Å²) in [6, 6.07) is 8.69. The lowest BCUT2D eigenvalue weighted by atomic mass is 9.97. The molecule has 0 spiro atoms. The van der Waals surface area contributed by atoms with E-state index in [-0.39, 0.29) is 24.3 Å². The van der Waals surface area contributed by atoms with Crippen molar-refractivity contribution in [1.29, 1.82) is 0 Å². The van der Waals surface area contributed by atoms with Crippen LogP contribution < -0.4 is 5.32 Å². The Morgan fingerprint density at radius 1 is 1.14 bits per heavy atom. The summed E-state index contributed by atoms with van der Waals surface area (Å²) in [5.41, 5.74) is 0.509. The molecule has 0 aromatic heterocycles. The van der Waals surface area contributed by atoms with Gasteiger partial charge < -0.3 is 15.3 Å². The van der Waals surface area contributed by atoms with Gasteiger partial charge in [-0.2, -0.15) is 0 Å². The lowest BCUT2D eigenvalue weighted by Gasteiger charge is -2.30. The fraction of sp³-hybridized carbons (Fsp3) is 0.400. The van der Waals surface area contributed by atoms with Gasteiger partial charge in [-0.05, 0) is 25.0 Å². The number of rotatable bonds is 4. The highest BCUT2D eigenvalue weighted by Gasteiger charge is 2.26. The number of carboxylic acid groups (broad SMARTS) is 1. The number of carboxylic acids is 1. The molecule has 6 nitrogen and oxygen atoms in total. The number of hydrogen-bond acceptors (Lipinski definition) is 3. The summed E-state index contributed by atoms with van der Waals surface area (Å²) in [5, 5.41) is 11.5. The van der Waals surface area contributed by atoms with Crippen LogP contribution in [0.2, 0.25) is 0 Å². The first kappa shape index (κ1) is 15.0. The molecule has 2 N–H and O–H groups in total. The van der Waals surface area contributed by atoms with Crippen molar-refractivity contribution < 1.29 is 19.5 Å². The summed E-state index contributed by atoms with van der Waals surface area (Å²) in [4.78, 5) is 36.2. The number of nitrogens with zero attached hydrogens (tertiary/aromatic N) is 1. The van der Waals surface area contributed by atoms with Crippen molar-refractivity contribution in [3.8, 4) is 0 Å². The number of hydrogen-bond donors (Lipinski definition) is 2. The second kappa shape index (κ2) is 6.88. The zero-order valence-corrected chi connectivity index (χ0v) is 11.6. The molecule has 1 aliphatic rings. The van der Waals surface area contributed by atoms with E-state index in [1.165, 1.54) is 0 Å². The second-order valence-electron chi connectivity index (χ2n) is 5.04. The molecule has 21 heavy (non-hydrogen) atoms. The van der Waals surface area contributed by atoms with E-state index in [1.54, 1.807) is 29.2 Å². The number of amides is 2. The maximum absolute atomic E-state index is 12.0. The third-order valence-electron chi connectivity index (χ3n) is 3.63. The Kier molecular flexibility index (Phi) is 4.92. The molecular weight excluding hydrogens is 272 g/mol. The van der Waals surface area contributed by atoms with Gasteiger partial charge >= 0.3 is 5.97 Å². The van der Waals surface area contributed by atoms with Crippen molar-refractivity contribution in [3.05, 3.63) is 35.9 Å². The highest BCUT2D eigenvalue weighted by molar-refractivity contribution is 5.96. The number of aliphatic carboxylic acids is 1. The van der Waals surface area contributed by atoms with Gasteiger partial charge in [0.1, 0.15) is 0 Å². The van der Waals surface area contributed by atoms with Gasteiger partial charge in [-0.25, -0.2) is 0 Å². The lowest BCUT2D eigenvalue weighted by molar-refractivity contribution is -0.145. The van der Waals surface area contributed by atoms with E-state index >= 15 is 0 Å². The maximum Gasteiger partial charge on any atom is 0.306 e. The predicted molar refractivity (Wildman–Crippen MR) is 75.7 cm³/mol. The molecule has 112 valence electrons. The van der Waals surface area contributed by atoms with Gasteiger partial charge in [-0.3, -0.25) is 14.4 Å². The number of carbonyl (C=O) groups excluding carboxylic acids is 2. The van der Waals surface area contributed by atoms with E-state index < -0.39 is 5.97 Å². The first-order valence-electron chi connectivity index (χ1n) is 6.92. The van der Waals surface area contributed by atoms with Crippen LogP contribution in [0.15, 0.2) is 30.3 Å². The minimum absolute atomic E-state index is 0.0640. The Hall–Kier alpha value is -2.37. The number of benzene rings is 1. The van der Waals surface area contributed by atoms with Crippen LogP contribution in [0, 0.1) is 5.92 Å². The van der Waals surface area contributed by atoms with E-state index in [1.807, 2.05) is 6.07 Å². The monoisotopic (exact) mass is 290 g/mol. The summed E-state index contributed by atoms with van der Waals surface area (Å²) in [6.07, 6.45) is 0.932.